The van der Waals surface area contributed by atoms with Crippen molar-refractivity contribution < 1.29 is 9.90 Å². The second kappa shape index (κ2) is 7.92. The van der Waals surface area contributed by atoms with Gasteiger partial charge in [0.15, 0.2) is 0 Å². The van der Waals surface area contributed by atoms with Gasteiger partial charge in [-0.3, -0.25) is 14.6 Å². The van der Waals surface area contributed by atoms with Gasteiger partial charge in [0.2, 0.25) is 0 Å². The molecule has 0 radical (unpaired) electrons. The fourth-order valence-corrected chi connectivity index (χ4v) is 4.36. The lowest BCUT2D eigenvalue weighted by Gasteiger charge is -2.35. The predicted molar refractivity (Wildman–Crippen MR) is 98.3 cm³/mol. The summed E-state index contributed by atoms with van der Waals surface area (Å²) in [5, 5.41) is 8.91. The highest BCUT2D eigenvalue weighted by atomic mass is 32.1. The molecule has 0 unspecified atom stereocenters. The van der Waals surface area contributed by atoms with Gasteiger partial charge in [-0.15, -0.1) is 11.3 Å². The maximum absolute atomic E-state index is 10.8. The van der Waals surface area contributed by atoms with Crippen molar-refractivity contribution >= 4 is 17.3 Å². The van der Waals surface area contributed by atoms with Crippen molar-refractivity contribution in [3.63, 3.8) is 0 Å². The van der Waals surface area contributed by atoms with Crippen molar-refractivity contribution in [3.8, 4) is 10.4 Å². The Labute approximate surface area is 147 Å². The molecule has 0 spiro atoms. The van der Waals surface area contributed by atoms with E-state index in [9.17, 15) is 4.79 Å². The molecule has 1 fully saturated rings. The number of nitrogens with zero attached hydrogens (tertiary/aromatic N) is 2. The Morgan fingerprint density at radius 1 is 1.21 bits per heavy atom. The van der Waals surface area contributed by atoms with Crippen LogP contribution in [0.5, 0.6) is 0 Å². The van der Waals surface area contributed by atoms with Gasteiger partial charge in [-0.05, 0) is 37.6 Å². The van der Waals surface area contributed by atoms with Crippen LogP contribution in [0.3, 0.4) is 0 Å². The first-order valence-corrected chi connectivity index (χ1v) is 9.22. The molecule has 24 heavy (non-hydrogen) atoms. The summed E-state index contributed by atoms with van der Waals surface area (Å²) < 4.78 is 0. The molecule has 5 heteroatoms. The molecule has 2 heterocycles. The number of benzene rings is 1. The van der Waals surface area contributed by atoms with Crippen molar-refractivity contribution in [2.24, 2.45) is 0 Å². The van der Waals surface area contributed by atoms with E-state index in [1.807, 2.05) is 29.4 Å². The maximum atomic E-state index is 10.8. The minimum absolute atomic E-state index is 0.135. The minimum Gasteiger partial charge on any atom is -0.480 e. The summed E-state index contributed by atoms with van der Waals surface area (Å²) >= 11 is 1.87. The van der Waals surface area contributed by atoms with Gasteiger partial charge in [0.25, 0.3) is 0 Å². The second-order valence-corrected chi connectivity index (χ2v) is 7.62. The lowest BCUT2D eigenvalue weighted by Crippen LogP contribution is -2.44. The summed E-state index contributed by atoms with van der Waals surface area (Å²) in [6.07, 6.45) is 2.08. The summed E-state index contributed by atoms with van der Waals surface area (Å²) in [5.74, 6) is -0.744. The number of hydrogen-bond donors (Lipinski definition) is 1. The highest BCUT2D eigenvalue weighted by Gasteiger charge is 2.23. The van der Waals surface area contributed by atoms with Crippen molar-refractivity contribution in [2.45, 2.75) is 25.4 Å². The first kappa shape index (κ1) is 17.1. The molecule has 128 valence electrons. The van der Waals surface area contributed by atoms with Gasteiger partial charge >= 0.3 is 5.97 Å². The molecule has 0 amide bonds. The van der Waals surface area contributed by atoms with Crippen molar-refractivity contribution in [3.05, 3.63) is 47.3 Å². The Bertz CT molecular complexity index is 663. The summed E-state index contributed by atoms with van der Waals surface area (Å²) in [7, 11) is 1.92. The van der Waals surface area contributed by atoms with Crippen LogP contribution in [-0.4, -0.2) is 53.6 Å². The van der Waals surface area contributed by atoms with E-state index in [4.69, 9.17) is 5.11 Å². The number of likely N-dealkylation sites (tertiary alicyclic amines) is 1. The highest BCUT2D eigenvalue weighted by molar-refractivity contribution is 7.15. The first-order chi connectivity index (χ1) is 11.6. The zero-order chi connectivity index (χ0) is 16.9. The van der Waals surface area contributed by atoms with Crippen LogP contribution in [0, 0.1) is 0 Å². The summed E-state index contributed by atoms with van der Waals surface area (Å²) in [6, 6.07) is 15.3. The van der Waals surface area contributed by atoms with Gasteiger partial charge in [-0.2, -0.15) is 0 Å². The largest absolute Gasteiger partial charge is 0.480 e. The molecule has 2 aromatic rings. The molecule has 1 saturated heterocycles. The Kier molecular flexibility index (Phi) is 5.66. The average molecular weight is 344 g/mol. The van der Waals surface area contributed by atoms with Crippen molar-refractivity contribution in [2.75, 3.05) is 26.7 Å². The Balaban J connectivity index is 1.52. The number of aliphatic carboxylic acids is 1. The Morgan fingerprint density at radius 2 is 1.92 bits per heavy atom. The molecule has 1 aliphatic heterocycles. The van der Waals surface area contributed by atoms with E-state index >= 15 is 0 Å². The molecule has 0 aliphatic carbocycles. The van der Waals surface area contributed by atoms with Gasteiger partial charge in [0, 0.05) is 35.4 Å². The zero-order valence-corrected chi connectivity index (χ0v) is 14.8. The highest BCUT2D eigenvalue weighted by Crippen LogP contribution is 2.29. The predicted octanol–water partition coefficient (Wildman–Crippen LogP) is 3.40. The van der Waals surface area contributed by atoms with Crippen LogP contribution in [0.15, 0.2) is 42.5 Å². The SMILES string of the molecule is CN(CC(=O)O)C1CCN(Cc2ccc(-c3ccccc3)s2)CC1. The van der Waals surface area contributed by atoms with E-state index in [-0.39, 0.29) is 6.54 Å². The van der Waals surface area contributed by atoms with Crippen LogP contribution in [0.25, 0.3) is 10.4 Å². The monoisotopic (exact) mass is 344 g/mol. The summed E-state index contributed by atoms with van der Waals surface area (Å²) in [4.78, 5) is 18.0. The molecule has 1 aromatic heterocycles. The Hall–Kier alpha value is -1.69. The molecule has 3 rings (SSSR count). The van der Waals surface area contributed by atoms with E-state index in [0.29, 0.717) is 6.04 Å². The quantitative estimate of drug-likeness (QED) is 0.872. The molecule has 1 aliphatic rings. The molecule has 4 nitrogen and oxygen atoms in total. The third kappa shape index (κ3) is 4.44. The van der Waals surface area contributed by atoms with Gasteiger partial charge in [-0.25, -0.2) is 0 Å². The van der Waals surface area contributed by atoms with E-state index in [0.717, 1.165) is 32.5 Å². The van der Waals surface area contributed by atoms with Crippen molar-refractivity contribution in [1.29, 1.82) is 0 Å². The van der Waals surface area contributed by atoms with E-state index < -0.39 is 5.97 Å². The number of carboxylic acid groups (broad SMARTS) is 1. The van der Waals surface area contributed by atoms with Crippen molar-refractivity contribution in [1.82, 2.24) is 9.80 Å². The number of carbonyl (C=O) groups is 1. The molecular formula is C19H24N2O2S. The van der Waals surface area contributed by atoms with E-state index in [1.165, 1.54) is 15.3 Å². The average Bonchev–Trinajstić information content (AvgIpc) is 3.04. The molecule has 0 saturated carbocycles. The van der Waals surface area contributed by atoms with E-state index in [1.54, 1.807) is 0 Å². The first-order valence-electron chi connectivity index (χ1n) is 8.40. The van der Waals surface area contributed by atoms with Crippen LogP contribution >= 0.6 is 11.3 Å². The van der Waals surface area contributed by atoms with Gasteiger partial charge in [0.05, 0.1) is 6.54 Å². The zero-order valence-electron chi connectivity index (χ0n) is 14.0. The molecule has 0 atom stereocenters. The topological polar surface area (TPSA) is 43.8 Å². The normalized spacial score (nSPS) is 16.6. The van der Waals surface area contributed by atoms with Crippen LogP contribution < -0.4 is 0 Å². The number of hydrogen-bond acceptors (Lipinski definition) is 4. The lowest BCUT2D eigenvalue weighted by atomic mass is 10.0. The molecule has 1 aromatic carbocycles. The molecule has 1 N–H and O–H groups in total. The summed E-state index contributed by atoms with van der Waals surface area (Å²) in [6.45, 7) is 3.20. The molecule has 0 bridgehead atoms. The third-order valence-corrected chi connectivity index (χ3v) is 5.78. The summed E-state index contributed by atoms with van der Waals surface area (Å²) in [5.41, 5.74) is 1.28. The standard InChI is InChI=1S/C19H24N2O2S/c1-20(14-19(22)23)16-9-11-21(12-10-16)13-17-7-8-18(24-17)15-5-3-2-4-6-15/h2-8,16H,9-14H2,1H3,(H,22,23). The number of carboxylic acids is 1. The molecular weight excluding hydrogens is 320 g/mol. The van der Waals surface area contributed by atoms with Crippen LogP contribution in [0.2, 0.25) is 0 Å². The number of thiophene rings is 1. The van der Waals surface area contributed by atoms with Gasteiger partial charge < -0.3 is 5.11 Å². The number of rotatable bonds is 6. The fourth-order valence-electron chi connectivity index (χ4n) is 3.30. The third-order valence-electron chi connectivity index (χ3n) is 4.66. The maximum Gasteiger partial charge on any atom is 0.317 e. The van der Waals surface area contributed by atoms with Gasteiger partial charge in [-0.1, -0.05) is 30.3 Å². The van der Waals surface area contributed by atoms with Crippen LogP contribution in [0.4, 0.5) is 0 Å². The van der Waals surface area contributed by atoms with Crippen LogP contribution in [-0.2, 0) is 11.3 Å². The van der Waals surface area contributed by atoms with E-state index in [2.05, 4.69) is 41.3 Å². The number of piperidine rings is 1. The minimum atomic E-state index is -0.744. The fraction of sp³-hybridized carbons (Fsp3) is 0.421. The smallest absolute Gasteiger partial charge is 0.317 e. The Morgan fingerprint density at radius 3 is 2.58 bits per heavy atom. The van der Waals surface area contributed by atoms with Crippen LogP contribution in [0.1, 0.15) is 17.7 Å². The number of likely N-dealkylation sites (N-methyl/N-ethyl adjacent to an activating group) is 1. The van der Waals surface area contributed by atoms with Gasteiger partial charge in [0.1, 0.15) is 0 Å². The lowest BCUT2D eigenvalue weighted by molar-refractivity contribution is -0.138. The second-order valence-electron chi connectivity index (χ2n) is 6.45.